The number of hydrogen-bond donors (Lipinski definition) is 2. The van der Waals surface area contributed by atoms with Gasteiger partial charge in [-0.2, -0.15) is 0 Å². The van der Waals surface area contributed by atoms with Crippen LogP contribution >= 0.6 is 35.6 Å². The normalized spacial score (nSPS) is 16.4. The summed E-state index contributed by atoms with van der Waals surface area (Å²) < 4.78 is 11.6. The van der Waals surface area contributed by atoms with Crippen molar-refractivity contribution in [2.45, 2.75) is 32.5 Å². The molecule has 28 heavy (non-hydrogen) atoms. The molecule has 3 rings (SSSR count). The zero-order chi connectivity index (χ0) is 19.1. The minimum absolute atomic E-state index is 0. The molecule has 7 heteroatoms. The molecule has 0 aliphatic carbocycles. The van der Waals surface area contributed by atoms with Crippen LogP contribution in [0.3, 0.4) is 0 Å². The average molecular weight is 516 g/mol. The number of halogens is 2. The molecule has 0 amide bonds. The number of guanidine groups is 1. The van der Waals surface area contributed by atoms with Crippen LogP contribution in [0.2, 0.25) is 5.02 Å². The molecule has 1 atom stereocenters. The van der Waals surface area contributed by atoms with E-state index in [1.807, 2.05) is 24.3 Å². The third-order valence-corrected chi connectivity index (χ3v) is 4.70. The lowest BCUT2D eigenvalue weighted by Gasteiger charge is -2.18. The van der Waals surface area contributed by atoms with Gasteiger partial charge in [-0.15, -0.1) is 24.0 Å². The maximum absolute atomic E-state index is 6.16. The number of nitrogens with zero attached hydrogens (tertiary/aromatic N) is 1. The zero-order valence-electron chi connectivity index (χ0n) is 16.2. The van der Waals surface area contributed by atoms with Gasteiger partial charge in [0.2, 0.25) is 0 Å². The summed E-state index contributed by atoms with van der Waals surface area (Å²) >= 11 is 5.93. The summed E-state index contributed by atoms with van der Waals surface area (Å²) in [5, 5.41) is 7.40. The van der Waals surface area contributed by atoms with Crippen molar-refractivity contribution in [3.05, 3.63) is 64.2 Å². The van der Waals surface area contributed by atoms with Crippen LogP contribution in [0.1, 0.15) is 23.1 Å². The predicted molar refractivity (Wildman–Crippen MR) is 125 cm³/mol. The molecule has 0 radical (unpaired) electrons. The lowest BCUT2D eigenvalue weighted by atomic mass is 10.1. The first kappa shape index (κ1) is 22.8. The zero-order valence-corrected chi connectivity index (χ0v) is 19.3. The first-order chi connectivity index (χ1) is 13.1. The van der Waals surface area contributed by atoms with Crippen molar-refractivity contribution in [1.29, 1.82) is 0 Å². The highest BCUT2D eigenvalue weighted by Crippen LogP contribution is 2.23. The number of aliphatic imine (C=N–C) groups is 1. The van der Waals surface area contributed by atoms with E-state index < -0.39 is 0 Å². The van der Waals surface area contributed by atoms with Gasteiger partial charge in [0.25, 0.3) is 0 Å². The molecule has 0 saturated carbocycles. The van der Waals surface area contributed by atoms with Crippen LogP contribution in [0.15, 0.2) is 47.5 Å². The second-order valence-corrected chi connectivity index (χ2v) is 7.06. The Morgan fingerprint density at radius 3 is 2.61 bits per heavy atom. The van der Waals surface area contributed by atoms with Crippen molar-refractivity contribution in [2.75, 3.05) is 20.3 Å². The number of ether oxygens (including phenoxy) is 2. The first-order valence-electron chi connectivity index (χ1n) is 9.17. The van der Waals surface area contributed by atoms with E-state index in [9.17, 15) is 0 Å². The second kappa shape index (κ2) is 11.5. The maximum atomic E-state index is 6.16. The van der Waals surface area contributed by atoms with E-state index in [-0.39, 0.29) is 30.1 Å². The van der Waals surface area contributed by atoms with Crippen LogP contribution in [-0.2, 0) is 17.8 Å². The molecular formula is C21H27ClIN3O2. The van der Waals surface area contributed by atoms with Gasteiger partial charge in [-0.05, 0) is 36.2 Å². The highest BCUT2D eigenvalue weighted by Gasteiger charge is 2.18. The number of benzene rings is 2. The third kappa shape index (κ3) is 6.83. The molecule has 1 saturated heterocycles. The lowest BCUT2D eigenvalue weighted by Crippen LogP contribution is -2.36. The highest BCUT2D eigenvalue weighted by molar-refractivity contribution is 14.0. The maximum Gasteiger partial charge on any atom is 0.191 e. The molecule has 0 spiro atoms. The quantitative estimate of drug-likeness (QED) is 0.342. The number of nitrogens with one attached hydrogen (secondary N) is 2. The second-order valence-electron chi connectivity index (χ2n) is 6.62. The summed E-state index contributed by atoms with van der Waals surface area (Å²) in [6.07, 6.45) is 1.07. The standard InChI is InChI=1S/C21H26ClN3O2.HI/c1-15-3-6-17(20(11-15)27-19-9-10-26-14-19)13-25-21(23-2)24-12-16-4-7-18(22)8-5-16;/h3-8,11,19H,9-10,12-14H2,1-2H3,(H2,23,24,25);1H. The molecule has 5 nitrogen and oxygen atoms in total. The van der Waals surface area contributed by atoms with Crippen LogP contribution in [0.25, 0.3) is 0 Å². The molecule has 2 aromatic carbocycles. The largest absolute Gasteiger partial charge is 0.488 e. The molecular weight excluding hydrogens is 489 g/mol. The molecule has 1 fully saturated rings. The van der Waals surface area contributed by atoms with Crippen molar-refractivity contribution < 1.29 is 9.47 Å². The van der Waals surface area contributed by atoms with E-state index >= 15 is 0 Å². The molecule has 152 valence electrons. The molecule has 1 heterocycles. The van der Waals surface area contributed by atoms with Gasteiger partial charge in [0, 0.05) is 37.1 Å². The average Bonchev–Trinajstić information content (AvgIpc) is 3.18. The summed E-state index contributed by atoms with van der Waals surface area (Å²) in [7, 11) is 1.76. The van der Waals surface area contributed by atoms with Gasteiger partial charge in [-0.1, -0.05) is 35.9 Å². The summed E-state index contributed by atoms with van der Waals surface area (Å²) in [5.41, 5.74) is 3.42. The summed E-state index contributed by atoms with van der Waals surface area (Å²) in [6.45, 7) is 4.80. The third-order valence-electron chi connectivity index (χ3n) is 4.45. The fourth-order valence-electron chi connectivity index (χ4n) is 2.89. The van der Waals surface area contributed by atoms with E-state index in [0.29, 0.717) is 19.7 Å². The van der Waals surface area contributed by atoms with Crippen LogP contribution in [0.5, 0.6) is 5.75 Å². The van der Waals surface area contributed by atoms with Gasteiger partial charge >= 0.3 is 0 Å². The minimum Gasteiger partial charge on any atom is -0.488 e. The Morgan fingerprint density at radius 2 is 1.93 bits per heavy atom. The number of hydrogen-bond acceptors (Lipinski definition) is 3. The van der Waals surface area contributed by atoms with Crippen molar-refractivity contribution in [3.8, 4) is 5.75 Å². The van der Waals surface area contributed by atoms with E-state index in [0.717, 1.165) is 40.9 Å². The van der Waals surface area contributed by atoms with Gasteiger partial charge in [0.15, 0.2) is 5.96 Å². The highest BCUT2D eigenvalue weighted by atomic mass is 127. The van der Waals surface area contributed by atoms with Crippen LogP contribution in [0.4, 0.5) is 0 Å². The van der Waals surface area contributed by atoms with E-state index in [1.165, 1.54) is 5.56 Å². The molecule has 2 aromatic rings. The molecule has 0 aromatic heterocycles. The Labute approximate surface area is 188 Å². The fraction of sp³-hybridized carbons (Fsp3) is 0.381. The van der Waals surface area contributed by atoms with Crippen LogP contribution < -0.4 is 15.4 Å². The van der Waals surface area contributed by atoms with Crippen molar-refractivity contribution in [1.82, 2.24) is 10.6 Å². The van der Waals surface area contributed by atoms with Gasteiger partial charge < -0.3 is 20.1 Å². The Balaban J connectivity index is 0.00000280. The summed E-state index contributed by atoms with van der Waals surface area (Å²) in [6, 6.07) is 14.0. The van der Waals surface area contributed by atoms with E-state index in [1.54, 1.807) is 7.05 Å². The SMILES string of the molecule is CN=C(NCc1ccc(Cl)cc1)NCc1ccc(C)cc1OC1CCOC1.I. The Morgan fingerprint density at radius 1 is 1.18 bits per heavy atom. The van der Waals surface area contributed by atoms with Crippen LogP contribution in [-0.4, -0.2) is 32.3 Å². The molecule has 1 aliphatic heterocycles. The predicted octanol–water partition coefficient (Wildman–Crippen LogP) is 4.30. The van der Waals surface area contributed by atoms with E-state index in [4.69, 9.17) is 21.1 Å². The fourth-order valence-corrected chi connectivity index (χ4v) is 3.02. The smallest absolute Gasteiger partial charge is 0.191 e. The molecule has 1 unspecified atom stereocenters. The molecule has 1 aliphatic rings. The minimum atomic E-state index is 0. The van der Waals surface area contributed by atoms with Crippen molar-refractivity contribution in [2.24, 2.45) is 4.99 Å². The van der Waals surface area contributed by atoms with E-state index in [2.05, 4.69) is 40.7 Å². The van der Waals surface area contributed by atoms with Gasteiger partial charge in [0.1, 0.15) is 11.9 Å². The van der Waals surface area contributed by atoms with Gasteiger partial charge in [-0.25, -0.2) is 0 Å². The Kier molecular flexibility index (Phi) is 9.34. The Bertz CT molecular complexity index is 778. The topological polar surface area (TPSA) is 54.9 Å². The summed E-state index contributed by atoms with van der Waals surface area (Å²) in [4.78, 5) is 4.29. The molecule has 2 N–H and O–H groups in total. The molecule has 0 bridgehead atoms. The number of rotatable bonds is 6. The monoisotopic (exact) mass is 515 g/mol. The van der Waals surface area contributed by atoms with Crippen LogP contribution in [0, 0.1) is 6.92 Å². The summed E-state index contributed by atoms with van der Waals surface area (Å²) in [5.74, 6) is 1.65. The Hall–Kier alpha value is -1.51. The van der Waals surface area contributed by atoms with Gasteiger partial charge in [0.05, 0.1) is 13.2 Å². The van der Waals surface area contributed by atoms with Gasteiger partial charge in [-0.3, -0.25) is 4.99 Å². The number of aryl methyl sites for hydroxylation is 1. The lowest BCUT2D eigenvalue weighted by molar-refractivity contribution is 0.140. The van der Waals surface area contributed by atoms with Crippen molar-refractivity contribution >= 4 is 41.5 Å². The van der Waals surface area contributed by atoms with Crippen molar-refractivity contribution in [3.63, 3.8) is 0 Å². The first-order valence-corrected chi connectivity index (χ1v) is 9.55.